The highest BCUT2D eigenvalue weighted by atomic mass is 32.1. The molecular weight excluding hydrogens is 286 g/mol. The normalized spacial score (nSPS) is 10.8. The molecule has 0 aliphatic heterocycles. The molecule has 0 amide bonds. The summed E-state index contributed by atoms with van der Waals surface area (Å²) in [4.78, 5) is 5.09. The van der Waals surface area contributed by atoms with Gasteiger partial charge in [-0.3, -0.25) is 4.98 Å². The molecule has 108 valence electrons. The molecule has 1 aromatic carbocycles. The lowest BCUT2D eigenvalue weighted by Gasteiger charge is -2.11. The number of hydrogen-bond donors (Lipinski definition) is 1. The number of nitrogens with one attached hydrogen (secondary N) is 1. The van der Waals surface area contributed by atoms with E-state index in [1.54, 1.807) is 41.2 Å². The lowest BCUT2D eigenvalue weighted by atomic mass is 10.2. The van der Waals surface area contributed by atoms with E-state index in [9.17, 15) is 8.78 Å². The van der Waals surface area contributed by atoms with Crippen molar-refractivity contribution in [3.63, 3.8) is 0 Å². The summed E-state index contributed by atoms with van der Waals surface area (Å²) in [5, 5.41) is 3.21. The number of methoxy groups -OCH3 is 1. The minimum absolute atomic E-state index is 0.0413. The second-order valence-electron chi connectivity index (χ2n) is 3.94. The van der Waals surface area contributed by atoms with Crippen LogP contribution < -0.4 is 14.8 Å². The third-order valence-electron chi connectivity index (χ3n) is 2.56. The van der Waals surface area contributed by atoms with Gasteiger partial charge in [-0.05, 0) is 17.7 Å². The Morgan fingerprint density at radius 3 is 2.80 bits per heavy atom. The average molecular weight is 300 g/mol. The van der Waals surface area contributed by atoms with E-state index in [1.807, 2.05) is 0 Å². The van der Waals surface area contributed by atoms with Crippen molar-refractivity contribution < 1.29 is 18.3 Å². The SMILES string of the molecule is COc1ccc(CNCc2cncs2)cc1OC(F)F. The molecule has 0 fully saturated rings. The van der Waals surface area contributed by atoms with Crippen molar-refractivity contribution >= 4 is 11.3 Å². The molecule has 0 aliphatic rings. The van der Waals surface area contributed by atoms with Crippen molar-refractivity contribution in [2.24, 2.45) is 0 Å². The van der Waals surface area contributed by atoms with Crippen molar-refractivity contribution in [1.29, 1.82) is 0 Å². The summed E-state index contributed by atoms with van der Waals surface area (Å²) < 4.78 is 34.0. The number of thiazole rings is 1. The van der Waals surface area contributed by atoms with Gasteiger partial charge in [0.15, 0.2) is 11.5 Å². The van der Waals surface area contributed by atoms with Crippen LogP contribution in [0.2, 0.25) is 0 Å². The molecule has 4 nitrogen and oxygen atoms in total. The summed E-state index contributed by atoms with van der Waals surface area (Å²) in [5.41, 5.74) is 2.60. The standard InChI is InChI=1S/C13H14F2N2O2S/c1-18-11-3-2-9(4-12(11)19-13(14)15)5-16-6-10-7-17-8-20-10/h2-4,7-8,13,16H,5-6H2,1H3. The molecule has 20 heavy (non-hydrogen) atoms. The Labute approximate surface area is 119 Å². The number of benzene rings is 1. The van der Waals surface area contributed by atoms with Crippen molar-refractivity contribution in [1.82, 2.24) is 10.3 Å². The lowest BCUT2D eigenvalue weighted by molar-refractivity contribution is -0.0512. The first-order valence-electron chi connectivity index (χ1n) is 5.89. The van der Waals surface area contributed by atoms with Gasteiger partial charge in [-0.25, -0.2) is 0 Å². The van der Waals surface area contributed by atoms with Gasteiger partial charge in [-0.1, -0.05) is 6.07 Å². The number of hydrogen-bond acceptors (Lipinski definition) is 5. The van der Waals surface area contributed by atoms with E-state index < -0.39 is 6.61 Å². The van der Waals surface area contributed by atoms with E-state index in [1.165, 1.54) is 7.11 Å². The zero-order chi connectivity index (χ0) is 14.4. The number of nitrogens with zero attached hydrogens (tertiary/aromatic N) is 1. The molecule has 0 aliphatic carbocycles. The minimum atomic E-state index is -2.87. The molecular formula is C13H14F2N2O2S. The van der Waals surface area contributed by atoms with E-state index in [4.69, 9.17) is 4.74 Å². The number of aromatic nitrogens is 1. The number of halogens is 2. The highest BCUT2D eigenvalue weighted by molar-refractivity contribution is 7.09. The first kappa shape index (κ1) is 14.7. The van der Waals surface area contributed by atoms with E-state index >= 15 is 0 Å². The van der Waals surface area contributed by atoms with Crippen molar-refractivity contribution in [2.45, 2.75) is 19.7 Å². The third kappa shape index (κ3) is 4.14. The van der Waals surface area contributed by atoms with Gasteiger partial charge in [0.2, 0.25) is 0 Å². The maximum Gasteiger partial charge on any atom is 0.387 e. The topological polar surface area (TPSA) is 43.4 Å². The molecule has 0 unspecified atom stereocenters. The van der Waals surface area contributed by atoms with Crippen LogP contribution in [0.3, 0.4) is 0 Å². The second kappa shape index (κ2) is 7.16. The Hall–Kier alpha value is -1.73. The van der Waals surface area contributed by atoms with Crippen molar-refractivity contribution in [2.75, 3.05) is 7.11 Å². The summed E-state index contributed by atoms with van der Waals surface area (Å²) in [6.07, 6.45) is 1.79. The zero-order valence-electron chi connectivity index (χ0n) is 10.8. The molecule has 0 saturated heterocycles. The molecule has 0 atom stereocenters. The van der Waals surface area contributed by atoms with Crippen LogP contribution in [0.1, 0.15) is 10.4 Å². The van der Waals surface area contributed by atoms with Crippen LogP contribution in [-0.2, 0) is 13.1 Å². The Bertz CT molecular complexity index is 535. The predicted molar refractivity (Wildman–Crippen MR) is 72.3 cm³/mol. The van der Waals surface area contributed by atoms with E-state index in [2.05, 4.69) is 15.0 Å². The fourth-order valence-corrected chi connectivity index (χ4v) is 2.24. The fourth-order valence-electron chi connectivity index (χ4n) is 1.68. The molecule has 1 aromatic heterocycles. The van der Waals surface area contributed by atoms with Crippen molar-refractivity contribution in [3.8, 4) is 11.5 Å². The smallest absolute Gasteiger partial charge is 0.387 e. The third-order valence-corrected chi connectivity index (χ3v) is 3.34. The van der Waals surface area contributed by atoms with E-state index in [0.717, 1.165) is 10.4 Å². The molecule has 0 radical (unpaired) electrons. The highest BCUT2D eigenvalue weighted by Gasteiger charge is 2.11. The van der Waals surface area contributed by atoms with Gasteiger partial charge in [0.1, 0.15) is 0 Å². The molecule has 2 rings (SSSR count). The summed E-state index contributed by atoms with van der Waals surface area (Å²) >= 11 is 1.56. The van der Waals surface area contributed by atoms with Crippen LogP contribution in [0.15, 0.2) is 29.9 Å². The van der Waals surface area contributed by atoms with Crippen LogP contribution in [0.5, 0.6) is 11.5 Å². The minimum Gasteiger partial charge on any atom is -0.493 e. The molecule has 1 N–H and O–H groups in total. The molecule has 7 heteroatoms. The summed E-state index contributed by atoms with van der Waals surface area (Å²) in [5.74, 6) is 0.330. The van der Waals surface area contributed by atoms with E-state index in [0.29, 0.717) is 13.1 Å². The lowest BCUT2D eigenvalue weighted by Crippen LogP contribution is -2.12. The zero-order valence-corrected chi connectivity index (χ0v) is 11.6. The van der Waals surface area contributed by atoms with Gasteiger partial charge < -0.3 is 14.8 Å². The molecule has 0 saturated carbocycles. The largest absolute Gasteiger partial charge is 0.493 e. The Kier molecular flexibility index (Phi) is 5.25. The number of rotatable bonds is 7. The first-order valence-corrected chi connectivity index (χ1v) is 6.77. The van der Waals surface area contributed by atoms with Crippen LogP contribution >= 0.6 is 11.3 Å². The van der Waals surface area contributed by atoms with Gasteiger partial charge in [0.25, 0.3) is 0 Å². The maximum absolute atomic E-state index is 12.3. The Morgan fingerprint density at radius 2 is 2.15 bits per heavy atom. The van der Waals surface area contributed by atoms with Crippen molar-refractivity contribution in [3.05, 3.63) is 40.3 Å². The van der Waals surface area contributed by atoms with Gasteiger partial charge >= 0.3 is 6.61 Å². The van der Waals surface area contributed by atoms with Crippen LogP contribution in [-0.4, -0.2) is 18.7 Å². The molecule has 1 heterocycles. The van der Waals surface area contributed by atoms with Gasteiger partial charge in [-0.2, -0.15) is 8.78 Å². The predicted octanol–water partition coefficient (Wildman–Crippen LogP) is 3.04. The maximum atomic E-state index is 12.3. The average Bonchev–Trinajstić information content (AvgIpc) is 2.91. The first-order chi connectivity index (χ1) is 9.69. The summed E-state index contributed by atoms with van der Waals surface area (Å²) in [6, 6.07) is 4.96. The van der Waals surface area contributed by atoms with Crippen LogP contribution in [0, 0.1) is 0 Å². The monoisotopic (exact) mass is 300 g/mol. The number of ether oxygens (including phenoxy) is 2. The number of alkyl halides is 2. The Morgan fingerprint density at radius 1 is 1.30 bits per heavy atom. The quantitative estimate of drug-likeness (QED) is 0.853. The fraction of sp³-hybridized carbons (Fsp3) is 0.308. The Balaban J connectivity index is 1.97. The van der Waals surface area contributed by atoms with Crippen LogP contribution in [0.25, 0.3) is 0 Å². The molecule has 0 spiro atoms. The highest BCUT2D eigenvalue weighted by Crippen LogP contribution is 2.29. The van der Waals surface area contributed by atoms with Crippen LogP contribution in [0.4, 0.5) is 8.78 Å². The molecule has 0 bridgehead atoms. The van der Waals surface area contributed by atoms with Gasteiger partial charge in [-0.15, -0.1) is 11.3 Å². The van der Waals surface area contributed by atoms with Gasteiger partial charge in [0, 0.05) is 24.2 Å². The summed E-state index contributed by atoms with van der Waals surface area (Å²) in [6.45, 7) is -1.65. The molecule has 2 aromatic rings. The second-order valence-corrected chi connectivity index (χ2v) is 4.91. The van der Waals surface area contributed by atoms with Gasteiger partial charge in [0.05, 0.1) is 12.6 Å². The summed E-state index contributed by atoms with van der Waals surface area (Å²) in [7, 11) is 1.41. The van der Waals surface area contributed by atoms with E-state index in [-0.39, 0.29) is 11.5 Å².